The zero-order chi connectivity index (χ0) is 14.7. The number of rotatable bonds is 6. The number of hydrogen-bond donors (Lipinski definition) is 0. The fourth-order valence-electron chi connectivity index (χ4n) is 3.68. The van der Waals surface area contributed by atoms with Crippen LogP contribution in [-0.2, 0) is 6.42 Å². The molecule has 114 valence electrons. The minimum Gasteiger partial charge on any atom is -0.338 e. The molecule has 0 unspecified atom stereocenters. The first-order valence-corrected chi connectivity index (χ1v) is 8.45. The van der Waals surface area contributed by atoms with Gasteiger partial charge in [0.2, 0.25) is 0 Å². The SMILES string of the molecule is CCC[C@@H]1CN=C2N(CCC)[C@@H](Cc3ccccc3)CN21. The summed E-state index contributed by atoms with van der Waals surface area (Å²) in [6.07, 6.45) is 4.85. The van der Waals surface area contributed by atoms with Crippen LogP contribution in [0.1, 0.15) is 38.7 Å². The zero-order valence-corrected chi connectivity index (χ0v) is 13.3. The third-order valence-corrected chi connectivity index (χ3v) is 4.65. The van der Waals surface area contributed by atoms with Crippen molar-refractivity contribution in [2.75, 3.05) is 19.6 Å². The molecule has 2 aliphatic heterocycles. The molecule has 0 aliphatic carbocycles. The normalized spacial score (nSPS) is 24.4. The van der Waals surface area contributed by atoms with Crippen molar-refractivity contribution in [3.05, 3.63) is 35.9 Å². The van der Waals surface area contributed by atoms with Crippen molar-refractivity contribution in [1.82, 2.24) is 9.80 Å². The number of fused-ring (bicyclic) bond motifs is 1. The first-order chi connectivity index (χ1) is 10.3. The van der Waals surface area contributed by atoms with Crippen LogP contribution in [0.2, 0.25) is 0 Å². The molecule has 2 heterocycles. The van der Waals surface area contributed by atoms with Gasteiger partial charge in [-0.15, -0.1) is 0 Å². The van der Waals surface area contributed by atoms with E-state index in [0.29, 0.717) is 12.1 Å². The maximum Gasteiger partial charge on any atom is 0.197 e. The highest BCUT2D eigenvalue weighted by molar-refractivity contribution is 5.84. The van der Waals surface area contributed by atoms with Gasteiger partial charge in [0, 0.05) is 13.1 Å². The second-order valence-corrected chi connectivity index (χ2v) is 6.27. The van der Waals surface area contributed by atoms with Crippen molar-refractivity contribution >= 4 is 5.96 Å². The van der Waals surface area contributed by atoms with Crippen molar-refractivity contribution in [2.45, 2.75) is 51.6 Å². The maximum absolute atomic E-state index is 4.86. The Balaban J connectivity index is 1.74. The minimum absolute atomic E-state index is 0.589. The van der Waals surface area contributed by atoms with Crippen LogP contribution < -0.4 is 0 Å². The molecule has 0 radical (unpaired) electrons. The molecule has 2 aliphatic rings. The third kappa shape index (κ3) is 2.92. The minimum atomic E-state index is 0.589. The third-order valence-electron chi connectivity index (χ3n) is 4.65. The van der Waals surface area contributed by atoms with E-state index in [1.165, 1.54) is 30.8 Å². The summed E-state index contributed by atoms with van der Waals surface area (Å²) >= 11 is 0. The molecule has 2 atom stereocenters. The summed E-state index contributed by atoms with van der Waals surface area (Å²) in [7, 11) is 0. The van der Waals surface area contributed by atoms with E-state index in [4.69, 9.17) is 4.99 Å². The second-order valence-electron chi connectivity index (χ2n) is 6.27. The monoisotopic (exact) mass is 285 g/mol. The largest absolute Gasteiger partial charge is 0.338 e. The molecule has 0 amide bonds. The van der Waals surface area contributed by atoms with Crippen LogP contribution in [0.5, 0.6) is 0 Å². The van der Waals surface area contributed by atoms with Crippen molar-refractivity contribution < 1.29 is 0 Å². The van der Waals surface area contributed by atoms with Gasteiger partial charge in [-0.25, -0.2) is 0 Å². The number of hydrogen-bond acceptors (Lipinski definition) is 3. The van der Waals surface area contributed by atoms with Gasteiger partial charge in [0.1, 0.15) is 0 Å². The van der Waals surface area contributed by atoms with Crippen LogP contribution in [0.15, 0.2) is 35.3 Å². The lowest BCUT2D eigenvalue weighted by atomic mass is 10.0. The molecule has 1 fully saturated rings. The highest BCUT2D eigenvalue weighted by Gasteiger charge is 2.40. The average Bonchev–Trinajstić information content (AvgIpc) is 3.03. The van der Waals surface area contributed by atoms with Crippen molar-refractivity contribution in [3.8, 4) is 0 Å². The Morgan fingerprint density at radius 2 is 1.90 bits per heavy atom. The Bertz CT molecular complexity index is 482. The van der Waals surface area contributed by atoms with E-state index < -0.39 is 0 Å². The van der Waals surface area contributed by atoms with E-state index in [2.05, 4.69) is 54.0 Å². The lowest BCUT2D eigenvalue weighted by Gasteiger charge is -2.24. The Morgan fingerprint density at radius 1 is 1.10 bits per heavy atom. The summed E-state index contributed by atoms with van der Waals surface area (Å²) in [5.41, 5.74) is 1.44. The first-order valence-electron chi connectivity index (χ1n) is 8.45. The Hall–Kier alpha value is -1.51. The maximum atomic E-state index is 4.86. The fourth-order valence-corrected chi connectivity index (χ4v) is 3.68. The van der Waals surface area contributed by atoms with Crippen LogP contribution in [0.3, 0.4) is 0 Å². The molecule has 0 aromatic heterocycles. The van der Waals surface area contributed by atoms with Gasteiger partial charge in [0.25, 0.3) is 0 Å². The van der Waals surface area contributed by atoms with Gasteiger partial charge < -0.3 is 9.80 Å². The van der Waals surface area contributed by atoms with Gasteiger partial charge in [0.15, 0.2) is 5.96 Å². The predicted molar refractivity (Wildman–Crippen MR) is 88.6 cm³/mol. The summed E-state index contributed by atoms with van der Waals surface area (Å²) in [5.74, 6) is 1.27. The molecule has 3 heteroatoms. The lowest BCUT2D eigenvalue weighted by Crippen LogP contribution is -2.37. The number of aliphatic imine (C=N–C) groups is 1. The molecule has 0 bridgehead atoms. The Labute approximate surface area is 128 Å². The van der Waals surface area contributed by atoms with E-state index in [0.717, 1.165) is 26.1 Å². The highest BCUT2D eigenvalue weighted by atomic mass is 15.5. The summed E-state index contributed by atoms with van der Waals surface area (Å²) in [4.78, 5) is 9.99. The Morgan fingerprint density at radius 3 is 2.62 bits per heavy atom. The summed E-state index contributed by atoms with van der Waals surface area (Å²) in [6.45, 7) is 7.83. The number of benzene rings is 1. The predicted octanol–water partition coefficient (Wildman–Crippen LogP) is 3.16. The quantitative estimate of drug-likeness (QED) is 0.799. The fraction of sp³-hybridized carbons (Fsp3) is 0.611. The number of nitrogens with zero attached hydrogens (tertiary/aromatic N) is 3. The average molecular weight is 285 g/mol. The van der Waals surface area contributed by atoms with Crippen LogP contribution >= 0.6 is 0 Å². The molecule has 1 aromatic rings. The summed E-state index contributed by atoms with van der Waals surface area (Å²) < 4.78 is 0. The van der Waals surface area contributed by atoms with Crippen LogP contribution in [0.25, 0.3) is 0 Å². The van der Waals surface area contributed by atoms with Gasteiger partial charge in [0.05, 0.1) is 18.6 Å². The summed E-state index contributed by atoms with van der Waals surface area (Å²) in [5, 5.41) is 0. The smallest absolute Gasteiger partial charge is 0.197 e. The van der Waals surface area contributed by atoms with Gasteiger partial charge >= 0.3 is 0 Å². The molecular weight excluding hydrogens is 258 g/mol. The molecule has 0 saturated carbocycles. The van der Waals surface area contributed by atoms with Gasteiger partial charge in [-0.2, -0.15) is 0 Å². The summed E-state index contributed by atoms with van der Waals surface area (Å²) in [6, 6.07) is 12.1. The molecule has 1 saturated heterocycles. The van der Waals surface area contributed by atoms with Crippen LogP contribution in [0, 0.1) is 0 Å². The Kier molecular flexibility index (Phi) is 4.47. The standard InChI is InChI=1S/C18H27N3/c1-3-8-16-13-19-18-20(11-4-2)17(14-21(16)18)12-15-9-6-5-7-10-15/h5-7,9-10,16-17H,3-4,8,11-14H2,1-2H3/t16-,17+/m1/s1. The lowest BCUT2D eigenvalue weighted by molar-refractivity contribution is 0.306. The van der Waals surface area contributed by atoms with E-state index >= 15 is 0 Å². The van der Waals surface area contributed by atoms with E-state index in [1.54, 1.807) is 0 Å². The zero-order valence-electron chi connectivity index (χ0n) is 13.3. The first kappa shape index (κ1) is 14.4. The van der Waals surface area contributed by atoms with E-state index in [-0.39, 0.29) is 0 Å². The van der Waals surface area contributed by atoms with Crippen molar-refractivity contribution in [3.63, 3.8) is 0 Å². The topological polar surface area (TPSA) is 18.8 Å². The van der Waals surface area contributed by atoms with Gasteiger partial charge in [-0.05, 0) is 24.8 Å². The van der Waals surface area contributed by atoms with E-state index in [9.17, 15) is 0 Å². The van der Waals surface area contributed by atoms with Crippen LogP contribution in [-0.4, -0.2) is 47.5 Å². The van der Waals surface area contributed by atoms with Gasteiger partial charge in [-0.1, -0.05) is 50.6 Å². The number of guanidine groups is 1. The van der Waals surface area contributed by atoms with Gasteiger partial charge in [-0.3, -0.25) is 4.99 Å². The molecule has 3 nitrogen and oxygen atoms in total. The molecular formula is C18H27N3. The van der Waals surface area contributed by atoms with Crippen molar-refractivity contribution in [2.24, 2.45) is 4.99 Å². The molecule has 21 heavy (non-hydrogen) atoms. The second kappa shape index (κ2) is 6.50. The van der Waals surface area contributed by atoms with Crippen molar-refractivity contribution in [1.29, 1.82) is 0 Å². The molecule has 1 aromatic carbocycles. The van der Waals surface area contributed by atoms with Crippen LogP contribution in [0.4, 0.5) is 0 Å². The highest BCUT2D eigenvalue weighted by Crippen LogP contribution is 2.27. The molecule has 0 spiro atoms. The van der Waals surface area contributed by atoms with E-state index in [1.807, 2.05) is 0 Å². The molecule has 3 rings (SSSR count). The molecule has 0 N–H and O–H groups in total.